The second kappa shape index (κ2) is 9.60. The van der Waals surface area contributed by atoms with E-state index in [1.807, 2.05) is 0 Å². The molecule has 2 amide bonds. The third-order valence-corrected chi connectivity index (χ3v) is 8.27. The molecule has 0 aliphatic carbocycles. The van der Waals surface area contributed by atoms with Crippen molar-refractivity contribution in [3.63, 3.8) is 0 Å². The van der Waals surface area contributed by atoms with E-state index in [4.69, 9.17) is 11.6 Å². The van der Waals surface area contributed by atoms with Crippen molar-refractivity contribution in [3.8, 4) is 0 Å². The molecule has 2 aromatic carbocycles. The number of carbonyl (C=O) groups excluding carboxylic acids is 2. The second-order valence-electron chi connectivity index (χ2n) is 8.14. The number of hydrogen-bond acceptors (Lipinski definition) is 4. The fourth-order valence-electron chi connectivity index (χ4n) is 4.12. The van der Waals surface area contributed by atoms with Gasteiger partial charge >= 0.3 is 0 Å². The van der Waals surface area contributed by atoms with Crippen molar-refractivity contribution in [2.45, 2.75) is 37.0 Å². The van der Waals surface area contributed by atoms with Gasteiger partial charge in [-0.2, -0.15) is 4.31 Å². The Morgan fingerprint density at radius 2 is 1.53 bits per heavy atom. The van der Waals surface area contributed by atoms with Gasteiger partial charge < -0.3 is 10.2 Å². The van der Waals surface area contributed by atoms with Crippen LogP contribution in [0.2, 0.25) is 5.02 Å². The van der Waals surface area contributed by atoms with E-state index in [-0.39, 0.29) is 21.4 Å². The summed E-state index contributed by atoms with van der Waals surface area (Å²) in [5.74, 6) is -0.525. The molecular weight excluding hydrogens is 450 g/mol. The number of anilines is 1. The van der Waals surface area contributed by atoms with Crippen LogP contribution in [0.4, 0.5) is 5.69 Å². The number of rotatable bonds is 5. The van der Waals surface area contributed by atoms with Crippen LogP contribution in [0.25, 0.3) is 0 Å². The topological polar surface area (TPSA) is 86.8 Å². The molecule has 2 heterocycles. The largest absolute Gasteiger partial charge is 0.339 e. The van der Waals surface area contributed by atoms with Crippen molar-refractivity contribution < 1.29 is 18.0 Å². The third kappa shape index (κ3) is 4.82. The molecule has 0 unspecified atom stereocenters. The Morgan fingerprint density at radius 3 is 2.25 bits per heavy atom. The molecule has 9 heteroatoms. The lowest BCUT2D eigenvalue weighted by Crippen LogP contribution is -2.35. The summed E-state index contributed by atoms with van der Waals surface area (Å²) in [7, 11) is -3.78. The lowest BCUT2D eigenvalue weighted by molar-refractivity contribution is 0.0792. The molecule has 7 nitrogen and oxygen atoms in total. The van der Waals surface area contributed by atoms with Crippen LogP contribution >= 0.6 is 11.6 Å². The normalized spacial score (nSPS) is 17.3. The van der Waals surface area contributed by atoms with Gasteiger partial charge in [0, 0.05) is 43.0 Å². The smallest absolute Gasteiger partial charge is 0.255 e. The highest BCUT2D eigenvalue weighted by atomic mass is 35.5. The van der Waals surface area contributed by atoms with E-state index in [1.54, 1.807) is 29.2 Å². The number of likely N-dealkylation sites (tertiary alicyclic amines) is 1. The first kappa shape index (κ1) is 22.8. The Kier molecular flexibility index (Phi) is 6.83. The summed E-state index contributed by atoms with van der Waals surface area (Å²) < 4.78 is 27.5. The zero-order valence-electron chi connectivity index (χ0n) is 17.7. The lowest BCUT2D eigenvalue weighted by atomic mass is 10.1. The van der Waals surface area contributed by atoms with E-state index in [0.29, 0.717) is 24.3 Å². The van der Waals surface area contributed by atoms with Gasteiger partial charge in [-0.1, -0.05) is 24.1 Å². The Bertz CT molecular complexity index is 1120. The monoisotopic (exact) mass is 475 g/mol. The second-order valence-corrected chi connectivity index (χ2v) is 10.5. The minimum Gasteiger partial charge on any atom is -0.339 e. The molecule has 2 aliphatic rings. The van der Waals surface area contributed by atoms with E-state index in [1.165, 1.54) is 22.5 Å². The van der Waals surface area contributed by atoms with E-state index < -0.39 is 15.9 Å². The summed E-state index contributed by atoms with van der Waals surface area (Å²) in [5.41, 5.74) is 1.16. The van der Waals surface area contributed by atoms with Crippen LogP contribution < -0.4 is 5.32 Å². The highest BCUT2D eigenvalue weighted by Gasteiger charge is 2.29. The Hall–Kier alpha value is -2.42. The van der Waals surface area contributed by atoms with Crippen LogP contribution in [0.15, 0.2) is 47.4 Å². The van der Waals surface area contributed by atoms with E-state index >= 15 is 0 Å². The van der Waals surface area contributed by atoms with Crippen molar-refractivity contribution >= 4 is 39.1 Å². The predicted molar refractivity (Wildman–Crippen MR) is 124 cm³/mol. The van der Waals surface area contributed by atoms with Crippen molar-refractivity contribution in [3.05, 3.63) is 58.6 Å². The quantitative estimate of drug-likeness (QED) is 0.708. The van der Waals surface area contributed by atoms with Crippen LogP contribution in [0.5, 0.6) is 0 Å². The first-order chi connectivity index (χ1) is 15.4. The molecular formula is C23H26ClN3O4S. The molecule has 2 aliphatic heterocycles. The van der Waals surface area contributed by atoms with Crippen molar-refractivity contribution in [2.75, 3.05) is 31.5 Å². The maximum absolute atomic E-state index is 13.1. The fourth-order valence-corrected chi connectivity index (χ4v) is 6.14. The molecule has 32 heavy (non-hydrogen) atoms. The van der Waals surface area contributed by atoms with Gasteiger partial charge in [-0.25, -0.2) is 8.42 Å². The summed E-state index contributed by atoms with van der Waals surface area (Å²) in [5, 5.41) is 2.85. The first-order valence-corrected chi connectivity index (χ1v) is 12.7. The fraction of sp³-hybridized carbons (Fsp3) is 0.391. The van der Waals surface area contributed by atoms with Crippen LogP contribution in [-0.4, -0.2) is 55.6 Å². The molecule has 0 radical (unpaired) electrons. The van der Waals surface area contributed by atoms with E-state index in [0.717, 1.165) is 45.2 Å². The number of halogens is 1. The Balaban J connectivity index is 1.53. The highest BCUT2D eigenvalue weighted by Crippen LogP contribution is 2.28. The van der Waals surface area contributed by atoms with Crippen molar-refractivity contribution in [1.29, 1.82) is 0 Å². The van der Waals surface area contributed by atoms with E-state index in [9.17, 15) is 18.0 Å². The molecule has 4 rings (SSSR count). The van der Waals surface area contributed by atoms with Gasteiger partial charge in [0.1, 0.15) is 4.90 Å². The number of carbonyl (C=O) groups is 2. The number of hydrogen-bond donors (Lipinski definition) is 1. The Labute approximate surface area is 193 Å². The molecule has 0 atom stereocenters. The van der Waals surface area contributed by atoms with Gasteiger partial charge in [0.15, 0.2) is 0 Å². The first-order valence-electron chi connectivity index (χ1n) is 10.9. The summed E-state index contributed by atoms with van der Waals surface area (Å²) >= 11 is 6.20. The average molecular weight is 476 g/mol. The molecule has 0 spiro atoms. The number of nitrogens with one attached hydrogen (secondary N) is 1. The van der Waals surface area contributed by atoms with Crippen molar-refractivity contribution in [1.82, 2.24) is 9.21 Å². The molecule has 2 fully saturated rings. The zero-order chi connectivity index (χ0) is 22.7. The molecule has 2 aromatic rings. The molecule has 2 saturated heterocycles. The van der Waals surface area contributed by atoms with Crippen LogP contribution in [0.1, 0.15) is 52.8 Å². The maximum atomic E-state index is 13.1. The molecule has 0 aromatic heterocycles. The summed E-state index contributed by atoms with van der Waals surface area (Å²) in [4.78, 5) is 27.2. The van der Waals surface area contributed by atoms with Gasteiger partial charge in [0.2, 0.25) is 10.0 Å². The van der Waals surface area contributed by atoms with Crippen LogP contribution in [0, 0.1) is 0 Å². The number of sulfonamides is 1. The van der Waals surface area contributed by atoms with Gasteiger partial charge in [-0.3, -0.25) is 9.59 Å². The van der Waals surface area contributed by atoms with Crippen LogP contribution in [0.3, 0.4) is 0 Å². The summed E-state index contributed by atoms with van der Waals surface area (Å²) in [6.07, 6.45) is 4.62. The Morgan fingerprint density at radius 1 is 0.844 bits per heavy atom. The number of piperidine rings is 1. The van der Waals surface area contributed by atoms with Crippen LogP contribution in [-0.2, 0) is 10.0 Å². The minimum absolute atomic E-state index is 0.0556. The maximum Gasteiger partial charge on any atom is 0.255 e. The minimum atomic E-state index is -3.78. The standard InChI is InChI=1S/C23H26ClN3O4S/c24-20-10-9-17(16-21(20)32(30,31)27-13-2-1-3-14-27)22(28)25-19-8-6-7-18(15-19)23(29)26-11-4-5-12-26/h6-10,15-16H,1-5,11-14H2,(H,25,28). The van der Waals surface area contributed by atoms with Gasteiger partial charge in [0.25, 0.3) is 11.8 Å². The van der Waals surface area contributed by atoms with Gasteiger partial charge in [-0.05, 0) is 62.1 Å². The average Bonchev–Trinajstić information content (AvgIpc) is 3.34. The van der Waals surface area contributed by atoms with E-state index in [2.05, 4.69) is 5.32 Å². The molecule has 0 saturated carbocycles. The predicted octanol–water partition coefficient (Wildman–Crippen LogP) is 4.00. The SMILES string of the molecule is O=C(Nc1cccc(C(=O)N2CCCC2)c1)c1ccc(Cl)c(S(=O)(=O)N2CCCCC2)c1. The highest BCUT2D eigenvalue weighted by molar-refractivity contribution is 7.89. The molecule has 170 valence electrons. The number of nitrogens with zero attached hydrogens (tertiary/aromatic N) is 2. The summed E-state index contributed by atoms with van der Waals surface area (Å²) in [6, 6.07) is 11.0. The molecule has 0 bridgehead atoms. The summed E-state index contributed by atoms with van der Waals surface area (Å²) in [6.45, 7) is 2.39. The van der Waals surface area contributed by atoms with Gasteiger partial charge in [0.05, 0.1) is 5.02 Å². The zero-order valence-corrected chi connectivity index (χ0v) is 19.3. The lowest BCUT2D eigenvalue weighted by Gasteiger charge is -2.26. The molecule has 1 N–H and O–H groups in total. The number of benzene rings is 2. The van der Waals surface area contributed by atoms with Crippen molar-refractivity contribution in [2.24, 2.45) is 0 Å². The number of amides is 2. The third-order valence-electron chi connectivity index (χ3n) is 5.89. The van der Waals surface area contributed by atoms with Gasteiger partial charge in [-0.15, -0.1) is 0 Å².